The Balaban J connectivity index is 0.000000147. The van der Waals surface area contributed by atoms with Crippen LogP contribution in [0.2, 0.25) is 0 Å². The summed E-state index contributed by atoms with van der Waals surface area (Å²) < 4.78 is 24.8. The smallest absolute Gasteiger partial charge is 0.255 e. The van der Waals surface area contributed by atoms with Crippen LogP contribution in [-0.2, 0) is 61.7 Å². The molecule has 3 saturated carbocycles. The first-order valence-corrected chi connectivity index (χ1v) is 38.2. The first-order valence-electron chi connectivity index (χ1n) is 37.4. The molecule has 11 aromatic rings. The number of carbonyl (C=O) groups is 4. The third kappa shape index (κ3) is 20.2. The molecule has 0 unspecified atom stereocenters. The maximum atomic E-state index is 13.2. The molecule has 1 aliphatic heterocycles. The molecule has 110 heavy (non-hydrogen) atoms. The monoisotopic (exact) mass is 1540 g/mol. The zero-order valence-corrected chi connectivity index (χ0v) is 64.0. The Labute approximate surface area is 649 Å². The van der Waals surface area contributed by atoms with E-state index in [9.17, 15) is 19.2 Å². The summed E-state index contributed by atoms with van der Waals surface area (Å²) in [4.78, 5) is 67.8. The zero-order chi connectivity index (χ0) is 76.6. The fourth-order valence-corrected chi connectivity index (χ4v) is 14.6. The molecule has 1 saturated heterocycles. The average Bonchev–Trinajstić information content (AvgIpc) is 1.56. The topological polar surface area (TPSA) is 309 Å². The number of aldehydes is 1. The van der Waals surface area contributed by atoms with Crippen LogP contribution in [0, 0.1) is 0 Å². The lowest BCUT2D eigenvalue weighted by Crippen LogP contribution is -2.43. The lowest BCUT2D eigenvalue weighted by molar-refractivity contribution is 0.0272. The van der Waals surface area contributed by atoms with Gasteiger partial charge in [-0.15, -0.1) is 0 Å². The van der Waals surface area contributed by atoms with Gasteiger partial charge in [0.05, 0.1) is 91.5 Å². The number of pyridine rings is 3. The van der Waals surface area contributed by atoms with E-state index in [-0.39, 0.29) is 71.6 Å². The Bertz CT molecular complexity index is 4930. The van der Waals surface area contributed by atoms with Crippen LogP contribution >= 0.6 is 15.9 Å². The van der Waals surface area contributed by atoms with Crippen molar-refractivity contribution >= 4 is 57.4 Å². The Morgan fingerprint density at radius 2 is 0.736 bits per heavy atom. The average molecular weight is 1550 g/mol. The van der Waals surface area contributed by atoms with E-state index in [0.717, 1.165) is 162 Å². The fraction of sp³-hybridized carbons (Fsp3) is 0.318. The number of ether oxygens (including phenoxy) is 3. The third-order valence-electron chi connectivity index (χ3n) is 20.8. The molecule has 0 radical (unpaired) electrons. The number of nitrogens with zero attached hydrogens (tertiary/aromatic N) is 11. The Morgan fingerprint density at radius 1 is 0.418 bits per heavy atom. The number of anilines is 3. The van der Waals surface area contributed by atoms with Gasteiger partial charge in [0.25, 0.3) is 17.7 Å². The van der Waals surface area contributed by atoms with Crippen molar-refractivity contribution in [1.29, 1.82) is 0 Å². The van der Waals surface area contributed by atoms with E-state index in [1.165, 1.54) is 16.7 Å². The van der Waals surface area contributed by atoms with Gasteiger partial charge in [0, 0.05) is 134 Å². The van der Waals surface area contributed by atoms with Crippen molar-refractivity contribution in [3.8, 4) is 55.6 Å². The normalized spacial score (nSPS) is 18.4. The molecule has 24 nitrogen and oxygen atoms in total. The number of benzene rings is 5. The van der Waals surface area contributed by atoms with Gasteiger partial charge in [-0.25, -0.2) is 15.0 Å². The molecule has 3 amide bonds. The lowest BCUT2D eigenvalue weighted by atomic mass is 10.0. The van der Waals surface area contributed by atoms with Gasteiger partial charge in [-0.2, -0.15) is 15.3 Å². The summed E-state index contributed by atoms with van der Waals surface area (Å²) in [5.74, 6) is -0.0800. The molecule has 0 spiro atoms. The second kappa shape index (κ2) is 36.4. The van der Waals surface area contributed by atoms with Gasteiger partial charge < -0.3 is 52.3 Å². The van der Waals surface area contributed by atoms with Gasteiger partial charge in [0.15, 0.2) is 0 Å². The summed E-state index contributed by atoms with van der Waals surface area (Å²) in [7, 11) is 7.72. The zero-order valence-electron chi connectivity index (χ0n) is 62.4. The number of rotatable bonds is 23. The van der Waals surface area contributed by atoms with E-state index < -0.39 is 0 Å². The molecule has 0 bridgehead atoms. The number of amides is 3. The first-order chi connectivity index (χ1) is 53.4. The van der Waals surface area contributed by atoms with Crippen LogP contribution < -0.4 is 33.2 Å². The number of piperazine rings is 1. The maximum Gasteiger partial charge on any atom is 0.255 e. The van der Waals surface area contributed by atoms with Gasteiger partial charge in [-0.1, -0.05) is 125 Å². The van der Waals surface area contributed by atoms with Crippen LogP contribution in [0.5, 0.6) is 0 Å². The molecule has 15 rings (SSSR count). The summed E-state index contributed by atoms with van der Waals surface area (Å²) in [5.41, 5.74) is 34.1. The quantitative estimate of drug-likeness (QED) is 0.0324. The maximum absolute atomic E-state index is 13.2. The molecular formula is C85H94BrN17O7. The van der Waals surface area contributed by atoms with Crippen molar-refractivity contribution in [3.05, 3.63) is 244 Å². The van der Waals surface area contributed by atoms with Crippen molar-refractivity contribution in [3.63, 3.8) is 0 Å². The van der Waals surface area contributed by atoms with E-state index >= 15 is 0 Å². The predicted molar refractivity (Wildman–Crippen MR) is 430 cm³/mol. The number of carbonyl (C=O) groups excluding carboxylic acids is 4. The van der Waals surface area contributed by atoms with Crippen LogP contribution in [0.1, 0.15) is 121 Å². The molecule has 5 aromatic carbocycles. The molecule has 6 atom stereocenters. The summed E-state index contributed by atoms with van der Waals surface area (Å²) in [6.07, 6.45) is 24.8. The Kier molecular flexibility index (Phi) is 25.5. The Morgan fingerprint density at radius 3 is 1.05 bits per heavy atom. The van der Waals surface area contributed by atoms with Gasteiger partial charge in [0.2, 0.25) is 0 Å². The number of aromatic nitrogens is 9. The summed E-state index contributed by atoms with van der Waals surface area (Å²) in [6, 6.07) is 46.4. The first kappa shape index (κ1) is 77.1. The molecule has 25 heteroatoms. The van der Waals surface area contributed by atoms with E-state index in [1.807, 2.05) is 113 Å². The summed E-state index contributed by atoms with van der Waals surface area (Å²) in [5, 5.41) is 21.9. The highest BCUT2D eigenvalue weighted by molar-refractivity contribution is 9.10. The second-order valence-corrected chi connectivity index (χ2v) is 29.7. The molecule has 3 aliphatic carbocycles. The van der Waals surface area contributed by atoms with E-state index in [2.05, 4.69) is 128 Å². The van der Waals surface area contributed by atoms with Gasteiger partial charge in [-0.05, 0) is 140 Å². The predicted octanol–water partition coefficient (Wildman–Crippen LogP) is 12.5. The number of halogens is 1. The van der Waals surface area contributed by atoms with Gasteiger partial charge >= 0.3 is 0 Å². The van der Waals surface area contributed by atoms with Crippen LogP contribution in [0.4, 0.5) is 17.5 Å². The fourth-order valence-electron chi connectivity index (χ4n) is 14.4. The van der Waals surface area contributed by atoms with Crippen LogP contribution in [0.25, 0.3) is 55.6 Å². The Hall–Kier alpha value is -11.1. The van der Waals surface area contributed by atoms with E-state index in [4.69, 9.17) is 31.4 Å². The third-order valence-corrected chi connectivity index (χ3v) is 21.3. The van der Waals surface area contributed by atoms with Gasteiger partial charge in [0.1, 0.15) is 23.7 Å². The largest absolute Gasteiger partial charge is 0.383 e. The minimum absolute atomic E-state index is 0.0201. The second-order valence-electron chi connectivity index (χ2n) is 28.8. The SMILES string of the molecule is CN1CCN(Cc2ccc(-c3ccc(CO[C@H]4CCC[C@@H]4NC(=O)c4cc(-c5cnn(C)c5)cnc4N)cc3)cc2)CC1.Cn1cc(-c2cnc(N)c(C(=O)N[C@H]3CCC[C@@H]3OCc3ccc(-c4ccc(C=O)cc4)cc3)c2)cn1.Cn1cc(-c2cnc(N)c(C(=O)N[C@H]3CCC[C@@H]3OCc3ccc(Br)cc3)c2)cn1. The minimum atomic E-state index is -0.249. The van der Waals surface area contributed by atoms with Crippen LogP contribution in [0.15, 0.2) is 200 Å². The van der Waals surface area contributed by atoms with Crippen molar-refractivity contribution in [2.24, 2.45) is 21.1 Å². The van der Waals surface area contributed by atoms with E-state index in [1.54, 1.807) is 69.4 Å². The highest BCUT2D eigenvalue weighted by Crippen LogP contribution is 2.32. The highest BCUT2D eigenvalue weighted by Gasteiger charge is 2.34. The number of hydrogen-bond donors (Lipinski definition) is 6. The lowest BCUT2D eigenvalue weighted by Gasteiger charge is -2.32. The van der Waals surface area contributed by atoms with Crippen LogP contribution in [0.3, 0.4) is 0 Å². The minimum Gasteiger partial charge on any atom is -0.383 e. The van der Waals surface area contributed by atoms with Crippen molar-refractivity contribution in [1.82, 2.24) is 70.0 Å². The number of nitrogens with two attached hydrogens (primary N) is 3. The van der Waals surface area contributed by atoms with E-state index in [0.29, 0.717) is 42.1 Å². The van der Waals surface area contributed by atoms with Crippen molar-refractivity contribution in [2.75, 3.05) is 50.4 Å². The molecule has 9 N–H and O–H groups in total. The van der Waals surface area contributed by atoms with Crippen molar-refractivity contribution in [2.45, 2.75) is 121 Å². The molecule has 568 valence electrons. The molecule has 4 fully saturated rings. The van der Waals surface area contributed by atoms with Crippen molar-refractivity contribution < 1.29 is 33.4 Å². The molecule has 7 heterocycles. The summed E-state index contributed by atoms with van der Waals surface area (Å²) >= 11 is 3.44. The summed E-state index contributed by atoms with van der Waals surface area (Å²) in [6.45, 7) is 7.02. The number of nitrogens with one attached hydrogen (secondary N) is 3. The number of hydrogen-bond acceptors (Lipinski definition) is 18. The highest BCUT2D eigenvalue weighted by atomic mass is 79.9. The van der Waals surface area contributed by atoms with Gasteiger partial charge in [-0.3, -0.25) is 38.1 Å². The molecular weight excluding hydrogens is 1450 g/mol. The number of likely N-dealkylation sites (N-methyl/N-ethyl adjacent to an activating group) is 1. The molecule has 4 aliphatic rings. The number of nitrogen functional groups attached to an aromatic ring is 3. The molecule has 6 aromatic heterocycles. The number of aryl methyl sites for hydroxylation is 3. The standard InChI is InChI=1S/C34H41N7O2.C29H29N5O3.C22H24BrN5O2/c1-39-14-16-41(17-15-39)21-24-6-10-26(11-7-24)27-12-8-25(9-13-27)23-43-32-5-3-4-31(32)38-34(42)30-18-28(19-36-33(30)35)29-20-37-40(2)22-29;1-34-16-24(15-32-34)23-13-25(28(30)31-14-23)29(36)33-26-3-2-4-27(26)37-18-20-7-11-22(12-8-20)21-9-5-19(17-35)6-10-21;1-28-12-16(11-26-28)15-9-18(21(24)25-10-15)22(29)27-19-3-2-4-20(19)30-13-14-5-7-17(23)8-6-14/h6-13,18-20,22,31-32H,3-5,14-17,21,23H2,1-2H3,(H2,35,36)(H,38,42);5-17,26-27H,2-4,18H2,1H3,(H2,30,31)(H,33,36);5-12,19-20H,2-4,13H2,1H3,(H2,24,25)(H,27,29)/t31-,32-;26-,27-;19-,20-/m000/s1. The van der Waals surface area contributed by atoms with Crippen LogP contribution in [-0.4, -0.2) is 148 Å².